The van der Waals surface area contributed by atoms with Crippen LogP contribution in [0.5, 0.6) is 0 Å². The minimum atomic E-state index is -3.71. The number of hydrogen-bond donors (Lipinski definition) is 0. The molecule has 0 spiro atoms. The monoisotopic (exact) mass is 352 g/mol. The molecule has 0 N–H and O–H groups in total. The maximum absolute atomic E-state index is 12.3. The van der Waals surface area contributed by atoms with E-state index in [1.54, 1.807) is 0 Å². The Morgan fingerprint density at radius 3 is 2.65 bits per heavy atom. The zero-order chi connectivity index (χ0) is 17.5. The van der Waals surface area contributed by atoms with E-state index in [1.165, 1.54) is 6.08 Å². The van der Waals surface area contributed by atoms with Gasteiger partial charge in [-0.1, -0.05) is 12.7 Å². The van der Waals surface area contributed by atoms with Crippen LogP contribution in [-0.2, 0) is 23.8 Å². The van der Waals surface area contributed by atoms with Gasteiger partial charge in [0.15, 0.2) is 0 Å². The van der Waals surface area contributed by atoms with E-state index in [-0.39, 0.29) is 19.6 Å². The Labute approximate surface area is 135 Å². The molecule has 23 heavy (non-hydrogen) atoms. The fourth-order valence-electron chi connectivity index (χ4n) is 2.84. The number of hydrogen-bond acceptors (Lipinski definition) is 6. The lowest BCUT2D eigenvalue weighted by atomic mass is 10.1. The van der Waals surface area contributed by atoms with Crippen LogP contribution in [0.3, 0.4) is 0 Å². The average Bonchev–Trinajstić information content (AvgIpc) is 2.81. The van der Waals surface area contributed by atoms with Gasteiger partial charge in [0.05, 0.1) is 12.9 Å². The van der Waals surface area contributed by atoms with Crippen molar-refractivity contribution in [1.82, 2.24) is 0 Å². The van der Waals surface area contributed by atoms with Crippen molar-refractivity contribution in [2.75, 3.05) is 26.1 Å². The molecule has 1 aliphatic heterocycles. The number of quaternary nitrogens is 1. The number of likely N-dealkylation sites (tertiary alicyclic amines) is 1. The number of amides is 2. The zero-order valence-corrected chi connectivity index (χ0v) is 14.0. The van der Waals surface area contributed by atoms with Crippen molar-refractivity contribution >= 4 is 22.6 Å². The van der Waals surface area contributed by atoms with Gasteiger partial charge in [0.1, 0.15) is 25.3 Å². The van der Waals surface area contributed by atoms with Gasteiger partial charge in [0.25, 0.3) is 10.1 Å². The summed E-state index contributed by atoms with van der Waals surface area (Å²) in [6, 6.07) is -0.497. The van der Waals surface area contributed by atoms with Crippen molar-refractivity contribution in [3.05, 3.63) is 12.7 Å². The number of alkyl halides is 1. The Kier molecular flexibility index (Phi) is 7.30. The predicted molar refractivity (Wildman–Crippen MR) is 80.7 cm³/mol. The van der Waals surface area contributed by atoms with E-state index in [1.807, 2.05) is 0 Å². The van der Waals surface area contributed by atoms with E-state index in [0.29, 0.717) is 25.7 Å². The zero-order valence-electron chi connectivity index (χ0n) is 13.1. The Morgan fingerprint density at radius 2 is 2.13 bits per heavy atom. The molecule has 0 aromatic carbocycles. The first-order valence-corrected chi connectivity index (χ1v) is 9.17. The van der Waals surface area contributed by atoms with Crippen LogP contribution in [0.1, 0.15) is 25.7 Å². The summed E-state index contributed by atoms with van der Waals surface area (Å²) in [5.41, 5.74) is 0. The number of ether oxygens (including phenoxy) is 1. The highest BCUT2D eigenvalue weighted by atomic mass is 32.2. The highest BCUT2D eigenvalue weighted by Crippen LogP contribution is 2.32. The molecule has 1 rings (SSSR count). The summed E-state index contributed by atoms with van der Waals surface area (Å²) in [5.74, 6) is 0. The van der Waals surface area contributed by atoms with Crippen LogP contribution in [0.15, 0.2) is 12.7 Å². The van der Waals surface area contributed by atoms with Gasteiger partial charge in [-0.2, -0.15) is 17.7 Å². The summed E-state index contributed by atoms with van der Waals surface area (Å²) in [4.78, 5) is 24.0. The fourth-order valence-corrected chi connectivity index (χ4v) is 3.47. The molecule has 0 saturated carbocycles. The third-order valence-corrected chi connectivity index (χ3v) is 4.40. The molecule has 1 fully saturated rings. The number of carbonyl (C=O) groups excluding carboxylic acids is 2. The van der Waals surface area contributed by atoms with Gasteiger partial charge in [-0.05, 0) is 12.8 Å². The largest absolute Gasteiger partial charge is 0.524 e. The maximum atomic E-state index is 12.3. The first-order valence-electron chi connectivity index (χ1n) is 7.35. The first kappa shape index (κ1) is 19.7. The third-order valence-electron chi connectivity index (χ3n) is 3.78. The van der Waals surface area contributed by atoms with Crippen molar-refractivity contribution in [2.24, 2.45) is 0 Å². The molecule has 1 unspecified atom stereocenters. The SMILES string of the molecule is C=CCOC(=O)[N+]1(C=O)C[C@H](OS(C)(=O)=O)C[C@@H]1CCCCF. The van der Waals surface area contributed by atoms with Gasteiger partial charge < -0.3 is 4.74 Å². The van der Waals surface area contributed by atoms with Crippen molar-refractivity contribution in [2.45, 2.75) is 37.8 Å². The van der Waals surface area contributed by atoms with Gasteiger partial charge in [-0.25, -0.2) is 4.79 Å². The molecule has 9 heteroatoms. The average molecular weight is 352 g/mol. The summed E-state index contributed by atoms with van der Waals surface area (Å²) < 4.78 is 44.1. The van der Waals surface area contributed by atoms with E-state index in [4.69, 9.17) is 8.92 Å². The molecular formula is C14H23FNO6S+. The summed E-state index contributed by atoms with van der Waals surface area (Å²) >= 11 is 0. The Hall–Kier alpha value is -1.32. The van der Waals surface area contributed by atoms with E-state index >= 15 is 0 Å². The molecule has 1 aliphatic rings. The second-order valence-electron chi connectivity index (χ2n) is 5.58. The number of carbonyl (C=O) groups is 2. The molecule has 0 aromatic rings. The summed E-state index contributed by atoms with van der Waals surface area (Å²) in [5, 5.41) is 0. The summed E-state index contributed by atoms with van der Waals surface area (Å²) in [7, 11) is -3.71. The maximum Gasteiger partial charge on any atom is 0.524 e. The molecule has 132 valence electrons. The lowest BCUT2D eigenvalue weighted by Crippen LogP contribution is -2.55. The number of nitrogens with zero attached hydrogens (tertiary/aromatic N) is 1. The van der Waals surface area contributed by atoms with Crippen LogP contribution in [0.4, 0.5) is 9.18 Å². The minimum Gasteiger partial charge on any atom is -0.415 e. The molecular weight excluding hydrogens is 329 g/mol. The topological polar surface area (TPSA) is 86.7 Å². The third kappa shape index (κ3) is 5.36. The molecule has 0 bridgehead atoms. The van der Waals surface area contributed by atoms with Crippen LogP contribution in [0.25, 0.3) is 0 Å². The van der Waals surface area contributed by atoms with E-state index in [2.05, 4.69) is 6.58 Å². The lowest BCUT2D eigenvalue weighted by Gasteiger charge is -2.29. The minimum absolute atomic E-state index is 0.0541. The van der Waals surface area contributed by atoms with Crippen LogP contribution in [-0.4, -0.2) is 63.6 Å². The van der Waals surface area contributed by atoms with E-state index in [0.717, 1.165) is 6.26 Å². The van der Waals surface area contributed by atoms with Gasteiger partial charge in [-0.3, -0.25) is 8.57 Å². The number of halogens is 1. The van der Waals surface area contributed by atoms with Crippen molar-refractivity contribution in [1.29, 1.82) is 0 Å². The highest BCUT2D eigenvalue weighted by Gasteiger charge is 2.55. The highest BCUT2D eigenvalue weighted by molar-refractivity contribution is 7.86. The lowest BCUT2D eigenvalue weighted by molar-refractivity contribution is -0.787. The summed E-state index contributed by atoms with van der Waals surface area (Å²) in [6.07, 6.45) is 2.58. The fraction of sp³-hybridized carbons (Fsp3) is 0.714. The smallest absolute Gasteiger partial charge is 0.415 e. The molecule has 0 radical (unpaired) electrons. The van der Waals surface area contributed by atoms with Crippen molar-refractivity contribution in [3.8, 4) is 0 Å². The van der Waals surface area contributed by atoms with E-state index < -0.39 is 39.5 Å². The Bertz CT molecular complexity index is 537. The Morgan fingerprint density at radius 1 is 1.43 bits per heavy atom. The molecule has 7 nitrogen and oxygen atoms in total. The van der Waals surface area contributed by atoms with Crippen LogP contribution in [0, 0.1) is 0 Å². The quantitative estimate of drug-likeness (QED) is 0.206. The first-order chi connectivity index (χ1) is 10.8. The normalized spacial score (nSPS) is 27.6. The standard InChI is InChI=1S/C14H23FNO6S/c1-3-8-21-14(18)16(11-17)10-13(22-23(2,19)20)9-12(16)6-4-5-7-15/h3,11-13H,1,4-10H2,2H3/q+1/t12-,13+,16?/m0/s1. The van der Waals surface area contributed by atoms with Gasteiger partial charge in [-0.15, -0.1) is 0 Å². The van der Waals surface area contributed by atoms with Gasteiger partial charge >= 0.3 is 12.5 Å². The molecule has 2 amide bonds. The van der Waals surface area contributed by atoms with E-state index in [9.17, 15) is 22.4 Å². The van der Waals surface area contributed by atoms with Crippen molar-refractivity contribution in [3.63, 3.8) is 0 Å². The summed E-state index contributed by atoms with van der Waals surface area (Å²) in [6.45, 7) is 2.77. The predicted octanol–water partition coefficient (Wildman–Crippen LogP) is 1.54. The van der Waals surface area contributed by atoms with Crippen LogP contribution >= 0.6 is 0 Å². The van der Waals surface area contributed by atoms with Crippen LogP contribution in [0.2, 0.25) is 0 Å². The number of unbranched alkanes of at least 4 members (excludes halogenated alkanes) is 1. The van der Waals surface area contributed by atoms with Gasteiger partial charge in [0.2, 0.25) is 0 Å². The number of imide groups is 1. The molecule has 0 aliphatic carbocycles. The molecule has 1 saturated heterocycles. The van der Waals surface area contributed by atoms with Crippen LogP contribution < -0.4 is 0 Å². The molecule has 0 aromatic heterocycles. The second-order valence-corrected chi connectivity index (χ2v) is 7.18. The number of rotatable bonds is 9. The molecule has 3 atom stereocenters. The second kappa shape index (κ2) is 8.51. The molecule has 1 heterocycles. The van der Waals surface area contributed by atoms with Gasteiger partial charge in [0, 0.05) is 12.8 Å². The van der Waals surface area contributed by atoms with Crippen molar-refractivity contribution < 1.29 is 35.8 Å². The Balaban J connectivity index is 2.96.